The summed E-state index contributed by atoms with van der Waals surface area (Å²) in [6.07, 6.45) is 1.45. The summed E-state index contributed by atoms with van der Waals surface area (Å²) in [5.74, 6) is -0.519. The maximum atomic E-state index is 12.8. The zero-order chi connectivity index (χ0) is 16.4. The first-order chi connectivity index (χ1) is 11.0. The highest BCUT2D eigenvalue weighted by Gasteiger charge is 2.39. The van der Waals surface area contributed by atoms with Crippen LogP contribution in [-0.4, -0.2) is 48.2 Å². The molecule has 2 heterocycles. The van der Waals surface area contributed by atoms with Crippen LogP contribution in [0.5, 0.6) is 0 Å². The van der Waals surface area contributed by atoms with Crippen molar-refractivity contribution in [1.29, 1.82) is 0 Å². The van der Waals surface area contributed by atoms with E-state index in [4.69, 9.17) is 4.74 Å². The monoisotopic (exact) mass is 321 g/mol. The van der Waals surface area contributed by atoms with Gasteiger partial charge in [0.2, 0.25) is 0 Å². The molecule has 2 amide bonds. The number of benzene rings is 1. The van der Waals surface area contributed by atoms with Crippen LogP contribution < -0.4 is 10.6 Å². The molecule has 23 heavy (non-hydrogen) atoms. The van der Waals surface area contributed by atoms with Crippen molar-refractivity contribution in [2.75, 3.05) is 18.4 Å². The highest BCUT2D eigenvalue weighted by Crippen LogP contribution is 2.23. The first-order valence-corrected chi connectivity index (χ1v) is 7.79. The summed E-state index contributed by atoms with van der Waals surface area (Å²) >= 11 is 0. The largest absolute Gasteiger partial charge is 0.461 e. The fourth-order valence-electron chi connectivity index (χ4n) is 3.11. The molecule has 6 nitrogen and oxygen atoms in total. The Kier molecular flexibility index (Phi) is 4.47. The lowest BCUT2D eigenvalue weighted by Gasteiger charge is -2.20. The molecule has 0 radical (unpaired) electrons. The van der Waals surface area contributed by atoms with Crippen molar-refractivity contribution < 1.29 is 18.7 Å². The molecule has 0 unspecified atom stereocenters. The number of hydrogen-bond donors (Lipinski definition) is 2. The Morgan fingerprint density at radius 2 is 2.09 bits per heavy atom. The van der Waals surface area contributed by atoms with Crippen LogP contribution in [0, 0.1) is 5.82 Å². The van der Waals surface area contributed by atoms with Crippen LogP contribution in [0.3, 0.4) is 0 Å². The second-order valence-electron chi connectivity index (χ2n) is 6.08. The normalized spacial score (nSPS) is 27.7. The maximum absolute atomic E-state index is 12.8. The number of nitrogens with zero attached hydrogens (tertiary/aromatic N) is 1. The zero-order valence-corrected chi connectivity index (χ0v) is 12.9. The predicted octanol–water partition coefficient (Wildman–Crippen LogP) is 1.73. The molecular formula is C16H20FN3O3. The van der Waals surface area contributed by atoms with Gasteiger partial charge in [-0.25, -0.2) is 9.18 Å². The molecule has 7 heteroatoms. The van der Waals surface area contributed by atoms with Gasteiger partial charge >= 0.3 is 12.0 Å². The van der Waals surface area contributed by atoms with Crippen molar-refractivity contribution >= 4 is 17.7 Å². The predicted molar refractivity (Wildman–Crippen MR) is 82.5 cm³/mol. The van der Waals surface area contributed by atoms with Crippen molar-refractivity contribution in [1.82, 2.24) is 10.2 Å². The molecule has 0 spiro atoms. The van der Waals surface area contributed by atoms with Gasteiger partial charge in [0.15, 0.2) is 0 Å². The molecule has 0 aromatic heterocycles. The standard InChI is InChI=1S/C16H20FN3O3/c1-10-8-14(15(21)23-10)20-7-6-13(9-20)19-16(22)18-12-4-2-11(17)3-5-12/h2-5,10,13-14H,6-9H2,1H3,(H2,18,19,22)/t10-,13+,14-/m1/s1. The number of urea groups is 1. The lowest BCUT2D eigenvalue weighted by molar-refractivity contribution is -0.144. The Hall–Kier alpha value is -2.15. The van der Waals surface area contributed by atoms with E-state index in [0.29, 0.717) is 18.7 Å². The zero-order valence-electron chi connectivity index (χ0n) is 12.9. The van der Waals surface area contributed by atoms with Crippen LogP contribution in [0.2, 0.25) is 0 Å². The lowest BCUT2D eigenvalue weighted by atomic mass is 10.1. The smallest absolute Gasteiger partial charge is 0.323 e. The second kappa shape index (κ2) is 6.54. The fourth-order valence-corrected chi connectivity index (χ4v) is 3.11. The van der Waals surface area contributed by atoms with E-state index < -0.39 is 0 Å². The number of carbonyl (C=O) groups excluding carboxylic acids is 2. The highest BCUT2D eigenvalue weighted by molar-refractivity contribution is 5.89. The minimum atomic E-state index is -0.347. The molecule has 3 atom stereocenters. The summed E-state index contributed by atoms with van der Waals surface area (Å²) < 4.78 is 18.0. The quantitative estimate of drug-likeness (QED) is 0.832. The van der Waals surface area contributed by atoms with Crippen LogP contribution >= 0.6 is 0 Å². The lowest BCUT2D eigenvalue weighted by Crippen LogP contribution is -2.42. The minimum absolute atomic E-state index is 0.0147. The van der Waals surface area contributed by atoms with Gasteiger partial charge in [0.05, 0.1) is 0 Å². The number of anilines is 1. The third-order valence-electron chi connectivity index (χ3n) is 4.24. The number of hydrogen-bond acceptors (Lipinski definition) is 4. The van der Waals surface area contributed by atoms with Crippen molar-refractivity contribution in [3.63, 3.8) is 0 Å². The molecule has 2 fully saturated rings. The van der Waals surface area contributed by atoms with E-state index in [1.54, 1.807) is 0 Å². The van der Waals surface area contributed by atoms with Gasteiger partial charge in [-0.05, 0) is 37.6 Å². The SMILES string of the molecule is C[C@@H]1C[C@@H](N2CC[C@H](NC(=O)Nc3ccc(F)cc3)C2)C(=O)O1. The van der Waals surface area contributed by atoms with E-state index in [2.05, 4.69) is 15.5 Å². The average Bonchev–Trinajstić information content (AvgIpc) is 3.07. The number of carbonyl (C=O) groups is 2. The fraction of sp³-hybridized carbons (Fsp3) is 0.500. The summed E-state index contributed by atoms with van der Waals surface area (Å²) in [6.45, 7) is 3.27. The van der Waals surface area contributed by atoms with Crippen LogP contribution in [0.15, 0.2) is 24.3 Å². The van der Waals surface area contributed by atoms with E-state index in [-0.39, 0.29) is 36.0 Å². The molecule has 0 saturated carbocycles. The number of nitrogens with one attached hydrogen (secondary N) is 2. The molecule has 3 rings (SSSR count). The molecule has 124 valence electrons. The van der Waals surface area contributed by atoms with Crippen LogP contribution in [0.1, 0.15) is 19.8 Å². The van der Waals surface area contributed by atoms with Gasteiger partial charge in [0, 0.05) is 31.2 Å². The van der Waals surface area contributed by atoms with E-state index in [1.165, 1.54) is 24.3 Å². The maximum Gasteiger partial charge on any atom is 0.323 e. The molecule has 1 aromatic rings. The molecule has 0 aliphatic carbocycles. The molecule has 2 aliphatic heterocycles. The van der Waals surface area contributed by atoms with E-state index in [9.17, 15) is 14.0 Å². The van der Waals surface area contributed by atoms with Crippen LogP contribution in [-0.2, 0) is 9.53 Å². The first-order valence-electron chi connectivity index (χ1n) is 7.79. The summed E-state index contributed by atoms with van der Waals surface area (Å²) in [7, 11) is 0. The van der Waals surface area contributed by atoms with E-state index in [1.807, 2.05) is 6.92 Å². The third kappa shape index (κ3) is 3.79. The van der Waals surface area contributed by atoms with Gasteiger partial charge in [0.1, 0.15) is 18.0 Å². The number of amides is 2. The van der Waals surface area contributed by atoms with Gasteiger partial charge < -0.3 is 15.4 Å². The van der Waals surface area contributed by atoms with Gasteiger partial charge in [0.25, 0.3) is 0 Å². The van der Waals surface area contributed by atoms with E-state index >= 15 is 0 Å². The summed E-state index contributed by atoms with van der Waals surface area (Å²) in [5.41, 5.74) is 0.534. The van der Waals surface area contributed by atoms with Gasteiger partial charge in [-0.3, -0.25) is 9.69 Å². The Bertz CT molecular complexity index is 593. The average molecular weight is 321 g/mol. The first kappa shape index (κ1) is 15.7. The van der Waals surface area contributed by atoms with Gasteiger partial charge in [-0.1, -0.05) is 0 Å². The van der Waals surface area contributed by atoms with Crippen LogP contribution in [0.25, 0.3) is 0 Å². The number of cyclic esters (lactones) is 1. The summed E-state index contributed by atoms with van der Waals surface area (Å²) in [5, 5.41) is 5.55. The van der Waals surface area contributed by atoms with Crippen molar-refractivity contribution in [2.24, 2.45) is 0 Å². The van der Waals surface area contributed by atoms with Crippen molar-refractivity contribution in [2.45, 2.75) is 38.0 Å². The molecule has 2 N–H and O–H groups in total. The van der Waals surface area contributed by atoms with E-state index in [0.717, 1.165) is 13.0 Å². The van der Waals surface area contributed by atoms with Crippen LogP contribution in [0.4, 0.5) is 14.9 Å². The third-order valence-corrected chi connectivity index (χ3v) is 4.24. The molecular weight excluding hydrogens is 301 g/mol. The Labute approximate surface area is 134 Å². The van der Waals surface area contributed by atoms with Crippen molar-refractivity contribution in [3.8, 4) is 0 Å². The number of rotatable bonds is 3. The molecule has 2 saturated heterocycles. The number of ether oxygens (including phenoxy) is 1. The number of esters is 1. The minimum Gasteiger partial charge on any atom is -0.461 e. The Morgan fingerprint density at radius 1 is 1.35 bits per heavy atom. The molecule has 0 bridgehead atoms. The second-order valence-corrected chi connectivity index (χ2v) is 6.08. The summed E-state index contributed by atoms with van der Waals surface area (Å²) in [4.78, 5) is 25.8. The molecule has 2 aliphatic rings. The van der Waals surface area contributed by atoms with Crippen molar-refractivity contribution in [3.05, 3.63) is 30.1 Å². The number of halogens is 1. The Morgan fingerprint density at radius 3 is 2.74 bits per heavy atom. The molecule has 1 aromatic carbocycles. The van der Waals surface area contributed by atoms with Gasteiger partial charge in [-0.2, -0.15) is 0 Å². The summed E-state index contributed by atoms with van der Waals surface area (Å²) in [6, 6.07) is 5.05. The topological polar surface area (TPSA) is 70.7 Å². The van der Waals surface area contributed by atoms with Gasteiger partial charge in [-0.15, -0.1) is 0 Å². The Balaban J connectivity index is 1.49. The highest BCUT2D eigenvalue weighted by atomic mass is 19.1. The number of likely N-dealkylation sites (tertiary alicyclic amines) is 1.